The number of imide groups is 1. The monoisotopic (exact) mass is 613 g/mol. The van der Waals surface area contributed by atoms with Crippen LogP contribution in [0.25, 0.3) is 0 Å². The smallest absolute Gasteiger partial charge is 0.424 e. The number of carboxylic acid groups (broad SMARTS) is 1. The van der Waals surface area contributed by atoms with Crippen molar-refractivity contribution in [3.8, 4) is 0 Å². The summed E-state index contributed by atoms with van der Waals surface area (Å²) in [5, 5.41) is 12.8. The average molecular weight is 615 g/mol. The Morgan fingerprint density at radius 3 is 1.92 bits per heavy atom. The first-order valence-electron chi connectivity index (χ1n) is 12.7. The Morgan fingerprint density at radius 1 is 0.949 bits per heavy atom. The number of alkyl carbamates (subject to hydrolysis) is 1. The number of halogens is 1. The molecule has 0 bridgehead atoms. The number of amides is 3. The molecule has 3 amide bonds. The Morgan fingerprint density at radius 2 is 1.46 bits per heavy atom. The van der Waals surface area contributed by atoms with Gasteiger partial charge >= 0.3 is 24.2 Å². The lowest BCUT2D eigenvalue weighted by Gasteiger charge is -2.29. The maximum absolute atomic E-state index is 13.2. The first-order chi connectivity index (χ1) is 17.6. The van der Waals surface area contributed by atoms with Crippen molar-refractivity contribution in [2.75, 3.05) is 18.0 Å². The number of anilines is 1. The van der Waals surface area contributed by atoms with Crippen LogP contribution in [0, 0.1) is 0 Å². The number of nitrogens with one attached hydrogen (secondary N) is 1. The second-order valence-electron chi connectivity index (χ2n) is 12.4. The van der Waals surface area contributed by atoms with Gasteiger partial charge in [-0.15, -0.1) is 0 Å². The lowest BCUT2D eigenvalue weighted by molar-refractivity contribution is 0.0427. The van der Waals surface area contributed by atoms with Crippen LogP contribution in [-0.2, 0) is 20.8 Å². The first kappa shape index (κ1) is 32.4. The van der Waals surface area contributed by atoms with E-state index in [9.17, 15) is 24.3 Å². The predicted octanol–water partition coefficient (Wildman–Crippen LogP) is 5.92. The van der Waals surface area contributed by atoms with Gasteiger partial charge < -0.3 is 24.6 Å². The van der Waals surface area contributed by atoms with Gasteiger partial charge in [-0.25, -0.2) is 19.2 Å². The summed E-state index contributed by atoms with van der Waals surface area (Å²) < 4.78 is 16.7. The molecule has 1 atom stereocenters. The van der Waals surface area contributed by atoms with Crippen LogP contribution in [0.5, 0.6) is 0 Å². The molecule has 0 aromatic heterocycles. The molecular weight excluding hydrogens is 574 g/mol. The molecule has 218 valence electrons. The number of nitrogens with zero attached hydrogens (tertiary/aromatic N) is 2. The van der Waals surface area contributed by atoms with Gasteiger partial charge in [0.2, 0.25) is 0 Å². The molecule has 1 fully saturated rings. The van der Waals surface area contributed by atoms with Gasteiger partial charge in [-0.05, 0) is 86.4 Å². The summed E-state index contributed by atoms with van der Waals surface area (Å²) in [6.07, 6.45) is -1.92. The van der Waals surface area contributed by atoms with Crippen LogP contribution in [0.4, 0.5) is 20.1 Å². The van der Waals surface area contributed by atoms with E-state index in [0.29, 0.717) is 41.0 Å². The molecule has 39 heavy (non-hydrogen) atoms. The van der Waals surface area contributed by atoms with Crippen molar-refractivity contribution in [3.63, 3.8) is 0 Å². The minimum atomic E-state index is -1.34. The van der Waals surface area contributed by atoms with E-state index in [2.05, 4.69) is 26.1 Å². The predicted molar refractivity (Wildman–Crippen MR) is 149 cm³/mol. The van der Waals surface area contributed by atoms with Crippen LogP contribution in [0.3, 0.4) is 0 Å². The van der Waals surface area contributed by atoms with Crippen molar-refractivity contribution >= 4 is 45.9 Å². The molecule has 1 heterocycles. The van der Waals surface area contributed by atoms with Crippen molar-refractivity contribution in [2.24, 2.45) is 0 Å². The van der Waals surface area contributed by atoms with E-state index in [-0.39, 0.29) is 17.3 Å². The molecule has 1 aromatic rings. The fraction of sp³-hybridized carbons (Fsp3) is 0.630. The zero-order chi connectivity index (χ0) is 29.9. The summed E-state index contributed by atoms with van der Waals surface area (Å²) in [6, 6.07) is 2.69. The van der Waals surface area contributed by atoms with Gasteiger partial charge in [0, 0.05) is 30.1 Å². The standard InChI is InChI=1S/C27H40BrN3O8/c1-25(2,3)37-22(34)29-17-10-11-30(15-17)14-16-12-20(18(21(32)33)13-19(16)28)31(23(35)38-26(4,5)6)24(36)39-27(7,8)9/h12-13,17H,10-11,14-15H2,1-9H3,(H,29,34)(H,32,33)/t17-/m1/s1. The van der Waals surface area contributed by atoms with Gasteiger partial charge in [-0.2, -0.15) is 4.90 Å². The van der Waals surface area contributed by atoms with Crippen LogP contribution in [0.1, 0.15) is 84.7 Å². The van der Waals surface area contributed by atoms with Gasteiger partial charge in [0.25, 0.3) is 0 Å². The third-order valence-electron chi connectivity index (χ3n) is 5.18. The molecule has 11 nitrogen and oxygen atoms in total. The molecule has 2 rings (SSSR count). The van der Waals surface area contributed by atoms with Crippen molar-refractivity contribution < 1.29 is 38.5 Å². The largest absolute Gasteiger partial charge is 0.478 e. The number of aromatic carboxylic acids is 1. The number of carbonyl (C=O) groups excluding carboxylic acids is 3. The summed E-state index contributed by atoms with van der Waals surface area (Å²) in [7, 11) is 0. The summed E-state index contributed by atoms with van der Waals surface area (Å²) in [5.74, 6) is -1.34. The molecule has 0 unspecified atom stereocenters. The van der Waals surface area contributed by atoms with Crippen molar-refractivity contribution in [1.29, 1.82) is 0 Å². The SMILES string of the molecule is CC(C)(C)OC(=O)N[C@@H]1CCN(Cc2cc(N(C(=O)OC(C)(C)C)C(=O)OC(C)(C)C)c(C(=O)O)cc2Br)C1. The molecular formula is C27H40BrN3O8. The molecule has 1 saturated heterocycles. The Bertz CT molecular complexity index is 1070. The Labute approximate surface area is 238 Å². The molecule has 2 N–H and O–H groups in total. The summed E-state index contributed by atoms with van der Waals surface area (Å²) in [6.45, 7) is 16.7. The molecule has 12 heteroatoms. The average Bonchev–Trinajstić information content (AvgIpc) is 3.12. The van der Waals surface area contributed by atoms with Crippen LogP contribution in [0.2, 0.25) is 0 Å². The van der Waals surface area contributed by atoms with Crippen molar-refractivity contribution in [1.82, 2.24) is 10.2 Å². The maximum Gasteiger partial charge on any atom is 0.424 e. The minimum Gasteiger partial charge on any atom is -0.478 e. The summed E-state index contributed by atoms with van der Waals surface area (Å²) >= 11 is 3.44. The van der Waals surface area contributed by atoms with Crippen LogP contribution < -0.4 is 10.2 Å². The van der Waals surface area contributed by atoms with Gasteiger partial charge in [-0.3, -0.25) is 4.90 Å². The van der Waals surface area contributed by atoms with Gasteiger partial charge in [0.05, 0.1) is 11.3 Å². The van der Waals surface area contributed by atoms with E-state index in [1.807, 2.05) is 0 Å². The number of likely N-dealkylation sites (tertiary alicyclic amines) is 1. The van der Waals surface area contributed by atoms with E-state index in [1.165, 1.54) is 12.1 Å². The van der Waals surface area contributed by atoms with E-state index < -0.39 is 41.1 Å². The van der Waals surface area contributed by atoms with Crippen molar-refractivity contribution in [2.45, 2.75) is 98.1 Å². The number of ether oxygens (including phenoxy) is 3. The Kier molecular flexibility index (Phi) is 10.1. The number of rotatable bonds is 5. The Balaban J connectivity index is 2.39. The van der Waals surface area contributed by atoms with Crippen molar-refractivity contribution in [3.05, 3.63) is 27.7 Å². The molecule has 0 spiro atoms. The van der Waals surface area contributed by atoms with Gasteiger partial charge in [0.15, 0.2) is 0 Å². The zero-order valence-electron chi connectivity index (χ0n) is 24.1. The molecule has 0 radical (unpaired) electrons. The number of benzene rings is 1. The molecule has 1 aromatic carbocycles. The van der Waals surface area contributed by atoms with Crippen LogP contribution in [0.15, 0.2) is 16.6 Å². The van der Waals surface area contributed by atoms with Crippen LogP contribution in [-0.4, -0.2) is 70.2 Å². The molecule has 1 aliphatic heterocycles. The Hall–Kier alpha value is -2.86. The highest BCUT2D eigenvalue weighted by molar-refractivity contribution is 9.10. The quantitative estimate of drug-likeness (QED) is 0.388. The fourth-order valence-corrected chi connectivity index (χ4v) is 4.25. The topological polar surface area (TPSA) is 135 Å². The highest BCUT2D eigenvalue weighted by Crippen LogP contribution is 2.32. The highest BCUT2D eigenvalue weighted by Gasteiger charge is 2.36. The molecule has 1 aliphatic rings. The van der Waals surface area contributed by atoms with Gasteiger partial charge in [-0.1, -0.05) is 15.9 Å². The number of carboxylic acids is 1. The second kappa shape index (κ2) is 12.1. The lowest BCUT2D eigenvalue weighted by atomic mass is 10.1. The first-order valence-corrected chi connectivity index (χ1v) is 13.5. The zero-order valence-corrected chi connectivity index (χ0v) is 25.7. The number of hydrogen-bond donors (Lipinski definition) is 2. The lowest BCUT2D eigenvalue weighted by Crippen LogP contribution is -2.44. The number of hydrogen-bond acceptors (Lipinski definition) is 8. The van der Waals surface area contributed by atoms with E-state index >= 15 is 0 Å². The third kappa shape index (κ3) is 10.3. The maximum atomic E-state index is 13.2. The van der Waals surface area contributed by atoms with E-state index in [4.69, 9.17) is 14.2 Å². The van der Waals surface area contributed by atoms with E-state index in [1.54, 1.807) is 62.3 Å². The van der Waals surface area contributed by atoms with E-state index in [0.717, 1.165) is 0 Å². The normalized spacial score (nSPS) is 16.4. The third-order valence-corrected chi connectivity index (χ3v) is 5.91. The second-order valence-corrected chi connectivity index (χ2v) is 13.3. The highest BCUT2D eigenvalue weighted by atomic mass is 79.9. The molecule has 0 aliphatic carbocycles. The van der Waals surface area contributed by atoms with Crippen LogP contribution >= 0.6 is 15.9 Å². The molecule has 0 saturated carbocycles. The minimum absolute atomic E-state index is 0.128. The summed E-state index contributed by atoms with van der Waals surface area (Å²) in [5.41, 5.74) is -2.34. The number of carbonyl (C=O) groups is 4. The van der Waals surface area contributed by atoms with Gasteiger partial charge in [0.1, 0.15) is 16.8 Å². The summed E-state index contributed by atoms with van der Waals surface area (Å²) in [4.78, 5) is 53.4. The fourth-order valence-electron chi connectivity index (χ4n) is 3.78.